The van der Waals surface area contributed by atoms with Gasteiger partial charge in [0.25, 0.3) is 0 Å². The minimum Gasteiger partial charge on any atom is -0.309 e. The predicted octanol–water partition coefficient (Wildman–Crippen LogP) is 8.69. The van der Waals surface area contributed by atoms with E-state index in [-0.39, 0.29) is 0 Å². The van der Waals surface area contributed by atoms with Crippen LogP contribution in [0.2, 0.25) is 0 Å². The van der Waals surface area contributed by atoms with Gasteiger partial charge in [-0.2, -0.15) is 5.26 Å². The van der Waals surface area contributed by atoms with Crippen molar-refractivity contribution in [3.05, 3.63) is 115 Å². The van der Waals surface area contributed by atoms with Crippen molar-refractivity contribution in [2.75, 3.05) is 0 Å². The van der Waals surface area contributed by atoms with E-state index in [1.807, 2.05) is 23.5 Å². The first-order valence-corrected chi connectivity index (χ1v) is 12.1. The monoisotopic (exact) mass is 450 g/mol. The summed E-state index contributed by atoms with van der Waals surface area (Å²) in [5, 5.41) is 14.7. The first kappa shape index (κ1) is 19.1. The van der Waals surface area contributed by atoms with Gasteiger partial charge in [0.2, 0.25) is 0 Å². The number of rotatable bonds is 2. The van der Waals surface area contributed by atoms with Gasteiger partial charge in [-0.15, -0.1) is 11.3 Å². The summed E-state index contributed by atoms with van der Waals surface area (Å²) in [5.41, 5.74) is 6.23. The Morgan fingerprint density at radius 1 is 0.588 bits per heavy atom. The molecule has 0 N–H and O–H groups in total. The first-order chi connectivity index (χ1) is 16.8. The SMILES string of the molecule is N#Cc1ccc(-c2ccc3c(c2)sc2ccccc23)c(-n2c3ccccc3c3ccccc32)c1. The summed E-state index contributed by atoms with van der Waals surface area (Å²) in [6, 6.07) is 40.7. The van der Waals surface area contributed by atoms with Gasteiger partial charge in [-0.3, -0.25) is 0 Å². The second-order valence-electron chi connectivity index (χ2n) is 8.52. The van der Waals surface area contributed by atoms with Gasteiger partial charge in [0.05, 0.1) is 28.4 Å². The number of thiophene rings is 1. The predicted molar refractivity (Wildman–Crippen MR) is 144 cm³/mol. The Morgan fingerprint density at radius 3 is 1.97 bits per heavy atom. The molecule has 158 valence electrons. The fourth-order valence-corrected chi connectivity index (χ4v) is 6.25. The summed E-state index contributed by atoms with van der Waals surface area (Å²) in [5.74, 6) is 0. The quantitative estimate of drug-likeness (QED) is 0.259. The van der Waals surface area contributed by atoms with Crippen molar-refractivity contribution in [1.82, 2.24) is 4.57 Å². The van der Waals surface area contributed by atoms with Crippen molar-refractivity contribution in [3.8, 4) is 22.9 Å². The van der Waals surface area contributed by atoms with Gasteiger partial charge in [0.15, 0.2) is 0 Å². The molecule has 2 nitrogen and oxygen atoms in total. The molecule has 2 aromatic heterocycles. The van der Waals surface area contributed by atoms with Crippen molar-refractivity contribution in [1.29, 1.82) is 5.26 Å². The lowest BCUT2D eigenvalue weighted by Crippen LogP contribution is -1.98. The van der Waals surface area contributed by atoms with E-state index in [0.717, 1.165) is 27.8 Å². The Kier molecular flexibility index (Phi) is 4.11. The molecule has 0 spiro atoms. The molecular formula is C31H18N2S. The molecule has 0 saturated heterocycles. The first-order valence-electron chi connectivity index (χ1n) is 11.3. The summed E-state index contributed by atoms with van der Waals surface area (Å²) in [4.78, 5) is 0. The van der Waals surface area contributed by atoms with Crippen LogP contribution in [0.15, 0.2) is 109 Å². The van der Waals surface area contributed by atoms with Crippen LogP contribution in [0.5, 0.6) is 0 Å². The zero-order valence-electron chi connectivity index (χ0n) is 18.2. The molecule has 0 amide bonds. The maximum Gasteiger partial charge on any atom is 0.0992 e. The third kappa shape index (κ3) is 2.73. The maximum absolute atomic E-state index is 9.71. The topological polar surface area (TPSA) is 28.7 Å². The fourth-order valence-electron chi connectivity index (χ4n) is 5.11. The van der Waals surface area contributed by atoms with E-state index >= 15 is 0 Å². The number of nitrogens with zero attached hydrogens (tertiary/aromatic N) is 2. The number of nitriles is 1. The van der Waals surface area contributed by atoms with Crippen LogP contribution in [0.4, 0.5) is 0 Å². The molecule has 0 aliphatic rings. The van der Waals surface area contributed by atoms with Crippen molar-refractivity contribution >= 4 is 53.3 Å². The maximum atomic E-state index is 9.71. The third-order valence-electron chi connectivity index (χ3n) is 6.64. The number of benzene rings is 5. The molecule has 7 rings (SSSR count). The van der Waals surface area contributed by atoms with Crippen molar-refractivity contribution in [3.63, 3.8) is 0 Å². The van der Waals surface area contributed by atoms with Gasteiger partial charge in [-0.25, -0.2) is 0 Å². The van der Waals surface area contributed by atoms with Crippen molar-refractivity contribution in [2.24, 2.45) is 0 Å². The molecule has 0 bridgehead atoms. The van der Waals surface area contributed by atoms with Gasteiger partial charge in [-0.1, -0.05) is 72.8 Å². The fraction of sp³-hybridized carbons (Fsp3) is 0. The molecule has 7 aromatic rings. The molecule has 2 heterocycles. The minimum absolute atomic E-state index is 0.656. The van der Waals surface area contributed by atoms with Crippen LogP contribution < -0.4 is 0 Å². The zero-order valence-corrected chi connectivity index (χ0v) is 19.0. The summed E-state index contributed by atoms with van der Waals surface area (Å²) >= 11 is 1.83. The second-order valence-corrected chi connectivity index (χ2v) is 9.61. The molecule has 0 aliphatic heterocycles. The van der Waals surface area contributed by atoms with Gasteiger partial charge in [0, 0.05) is 36.5 Å². The van der Waals surface area contributed by atoms with E-state index in [4.69, 9.17) is 0 Å². The highest BCUT2D eigenvalue weighted by Gasteiger charge is 2.16. The molecule has 0 aliphatic carbocycles. The molecule has 0 radical (unpaired) electrons. The smallest absolute Gasteiger partial charge is 0.0992 e. The molecule has 0 fully saturated rings. The summed E-state index contributed by atoms with van der Waals surface area (Å²) in [7, 11) is 0. The third-order valence-corrected chi connectivity index (χ3v) is 7.77. The van der Waals surface area contributed by atoms with E-state index < -0.39 is 0 Å². The van der Waals surface area contributed by atoms with Gasteiger partial charge in [0.1, 0.15) is 0 Å². The minimum atomic E-state index is 0.656. The van der Waals surface area contributed by atoms with Crippen LogP contribution in [0.3, 0.4) is 0 Å². The molecule has 0 atom stereocenters. The number of aromatic nitrogens is 1. The van der Waals surface area contributed by atoms with E-state index in [2.05, 4.69) is 108 Å². The Bertz CT molecular complexity index is 1880. The Labute approximate surface area is 200 Å². The lowest BCUT2D eigenvalue weighted by atomic mass is 10.00. The normalized spacial score (nSPS) is 11.5. The largest absolute Gasteiger partial charge is 0.309 e. The van der Waals surface area contributed by atoms with E-state index in [1.54, 1.807) is 0 Å². The lowest BCUT2D eigenvalue weighted by molar-refractivity contribution is 1.18. The van der Waals surface area contributed by atoms with E-state index in [9.17, 15) is 5.26 Å². The molecule has 0 unspecified atom stereocenters. The van der Waals surface area contributed by atoms with Crippen LogP contribution in [0, 0.1) is 11.3 Å². The molecule has 0 saturated carbocycles. The van der Waals surface area contributed by atoms with Gasteiger partial charge >= 0.3 is 0 Å². The van der Waals surface area contributed by atoms with Crippen LogP contribution >= 0.6 is 11.3 Å². The number of para-hydroxylation sites is 2. The average molecular weight is 451 g/mol. The highest BCUT2D eigenvalue weighted by molar-refractivity contribution is 7.25. The molecule has 3 heteroatoms. The summed E-state index contributed by atoms with van der Waals surface area (Å²) < 4.78 is 4.88. The van der Waals surface area contributed by atoms with Gasteiger partial charge in [-0.05, 0) is 42.0 Å². The van der Waals surface area contributed by atoms with Crippen LogP contribution in [-0.2, 0) is 0 Å². The zero-order chi connectivity index (χ0) is 22.6. The Hall–Kier alpha value is -4.39. The van der Waals surface area contributed by atoms with Crippen LogP contribution in [0.1, 0.15) is 5.56 Å². The highest BCUT2D eigenvalue weighted by atomic mass is 32.1. The number of hydrogen-bond donors (Lipinski definition) is 0. The standard InChI is InChI=1S/C31H18N2S/c32-19-20-13-15-22(21-14-16-26-25-9-3-6-12-30(25)34-31(26)18-21)29(17-20)33-27-10-4-1-7-23(27)24-8-2-5-11-28(24)33/h1-18H. The summed E-state index contributed by atoms with van der Waals surface area (Å²) in [6.07, 6.45) is 0. The average Bonchev–Trinajstić information content (AvgIpc) is 3.43. The second kappa shape index (κ2) is 7.31. The van der Waals surface area contributed by atoms with Gasteiger partial charge < -0.3 is 4.57 Å². The van der Waals surface area contributed by atoms with Crippen LogP contribution in [-0.4, -0.2) is 4.57 Å². The summed E-state index contributed by atoms with van der Waals surface area (Å²) in [6.45, 7) is 0. The molecular weight excluding hydrogens is 432 g/mol. The Balaban J connectivity index is 1.56. The lowest BCUT2D eigenvalue weighted by Gasteiger charge is -2.15. The van der Waals surface area contributed by atoms with E-state index in [0.29, 0.717) is 5.56 Å². The molecule has 34 heavy (non-hydrogen) atoms. The van der Waals surface area contributed by atoms with Crippen molar-refractivity contribution in [2.45, 2.75) is 0 Å². The van der Waals surface area contributed by atoms with E-state index in [1.165, 1.54) is 30.9 Å². The number of hydrogen-bond acceptors (Lipinski definition) is 2. The Morgan fingerprint density at radius 2 is 1.24 bits per heavy atom. The van der Waals surface area contributed by atoms with Crippen molar-refractivity contribution < 1.29 is 0 Å². The number of fused-ring (bicyclic) bond motifs is 6. The van der Waals surface area contributed by atoms with Crippen LogP contribution in [0.25, 0.3) is 58.8 Å². The molecule has 5 aromatic carbocycles. The highest BCUT2D eigenvalue weighted by Crippen LogP contribution is 2.40.